The van der Waals surface area contributed by atoms with Gasteiger partial charge in [-0.25, -0.2) is 0 Å². The smallest absolute Gasteiger partial charge is 0.223 e. The van der Waals surface area contributed by atoms with Gasteiger partial charge in [-0.3, -0.25) is 4.79 Å². The van der Waals surface area contributed by atoms with Crippen LogP contribution < -0.4 is 0 Å². The fourth-order valence-corrected chi connectivity index (χ4v) is 2.04. The van der Waals surface area contributed by atoms with Crippen molar-refractivity contribution in [3.8, 4) is 0 Å². The molecule has 0 radical (unpaired) electrons. The highest BCUT2D eigenvalue weighted by Gasteiger charge is 2.28. The number of allylic oxidation sites excluding steroid dienone is 1. The van der Waals surface area contributed by atoms with Gasteiger partial charge in [0, 0.05) is 13.0 Å². The Morgan fingerprint density at radius 1 is 1.42 bits per heavy atom. The van der Waals surface area contributed by atoms with Crippen molar-refractivity contribution in [2.75, 3.05) is 6.54 Å². The third kappa shape index (κ3) is 1.38. The Kier molecular flexibility index (Phi) is 2.15. The molecule has 66 valence electrons. The lowest BCUT2D eigenvalue weighted by Crippen LogP contribution is -2.33. The lowest BCUT2D eigenvalue weighted by molar-refractivity contribution is -0.128. The Hall–Kier alpha value is -0.790. The monoisotopic (exact) mass is 165 g/mol. The van der Waals surface area contributed by atoms with Gasteiger partial charge in [-0.15, -0.1) is 0 Å². The van der Waals surface area contributed by atoms with Gasteiger partial charge in [0.1, 0.15) is 0 Å². The van der Waals surface area contributed by atoms with Crippen molar-refractivity contribution in [1.29, 1.82) is 0 Å². The standard InChI is InChI=1S/C10H15NO/c12-10-7-6-9-5-3-1-2-4-8-11(9)10/h3,5,9H,1-2,4,6-8H2/b5-3-/t9-/m1/s1. The maximum absolute atomic E-state index is 11.4. The molecule has 0 unspecified atom stereocenters. The van der Waals surface area contributed by atoms with E-state index < -0.39 is 0 Å². The van der Waals surface area contributed by atoms with E-state index in [1.807, 2.05) is 4.90 Å². The zero-order valence-electron chi connectivity index (χ0n) is 7.33. The van der Waals surface area contributed by atoms with Gasteiger partial charge >= 0.3 is 0 Å². The third-order valence-electron chi connectivity index (χ3n) is 2.75. The summed E-state index contributed by atoms with van der Waals surface area (Å²) in [6.45, 7) is 0.980. The minimum Gasteiger partial charge on any atom is -0.336 e. The second kappa shape index (κ2) is 3.30. The zero-order chi connectivity index (χ0) is 8.39. The highest BCUT2D eigenvalue weighted by molar-refractivity contribution is 5.79. The zero-order valence-corrected chi connectivity index (χ0v) is 7.33. The summed E-state index contributed by atoms with van der Waals surface area (Å²) in [5, 5.41) is 0. The van der Waals surface area contributed by atoms with Crippen LogP contribution in [-0.4, -0.2) is 23.4 Å². The first-order valence-corrected chi connectivity index (χ1v) is 4.84. The second-order valence-corrected chi connectivity index (χ2v) is 3.62. The van der Waals surface area contributed by atoms with E-state index >= 15 is 0 Å². The Bertz CT molecular complexity index is 210. The largest absolute Gasteiger partial charge is 0.336 e. The molecule has 0 aromatic carbocycles. The number of carbonyl (C=O) groups is 1. The topological polar surface area (TPSA) is 20.3 Å². The lowest BCUT2D eigenvalue weighted by Gasteiger charge is -2.23. The summed E-state index contributed by atoms with van der Waals surface area (Å²) in [4.78, 5) is 13.4. The van der Waals surface area contributed by atoms with Crippen molar-refractivity contribution in [1.82, 2.24) is 4.90 Å². The fourth-order valence-electron chi connectivity index (χ4n) is 2.04. The maximum Gasteiger partial charge on any atom is 0.223 e. The van der Waals surface area contributed by atoms with Crippen molar-refractivity contribution in [2.24, 2.45) is 0 Å². The molecule has 1 fully saturated rings. The minimum absolute atomic E-state index is 0.353. The van der Waals surface area contributed by atoms with E-state index in [0.717, 1.165) is 19.4 Å². The van der Waals surface area contributed by atoms with Crippen LogP contribution in [0.25, 0.3) is 0 Å². The summed E-state index contributed by atoms with van der Waals surface area (Å²) in [6.07, 6.45) is 9.84. The van der Waals surface area contributed by atoms with Crippen molar-refractivity contribution in [2.45, 2.75) is 38.1 Å². The number of nitrogens with zero attached hydrogens (tertiary/aromatic N) is 1. The average molecular weight is 165 g/mol. The molecular formula is C10H15NO. The van der Waals surface area contributed by atoms with E-state index in [-0.39, 0.29) is 0 Å². The van der Waals surface area contributed by atoms with E-state index in [9.17, 15) is 4.79 Å². The summed E-state index contributed by atoms with van der Waals surface area (Å²) >= 11 is 0. The molecule has 0 aliphatic carbocycles. The Balaban J connectivity index is 2.11. The van der Waals surface area contributed by atoms with Crippen LogP contribution in [0.4, 0.5) is 0 Å². The number of fused-ring (bicyclic) bond motifs is 1. The van der Waals surface area contributed by atoms with Gasteiger partial charge in [0.15, 0.2) is 0 Å². The lowest BCUT2D eigenvalue weighted by atomic mass is 10.1. The van der Waals surface area contributed by atoms with E-state index in [2.05, 4.69) is 12.2 Å². The summed E-state index contributed by atoms with van der Waals surface area (Å²) in [6, 6.07) is 0.429. The van der Waals surface area contributed by atoms with Gasteiger partial charge in [0.05, 0.1) is 6.04 Å². The van der Waals surface area contributed by atoms with Gasteiger partial charge in [-0.05, 0) is 25.7 Å². The minimum atomic E-state index is 0.353. The van der Waals surface area contributed by atoms with Crippen LogP contribution in [0.3, 0.4) is 0 Å². The van der Waals surface area contributed by atoms with Crippen LogP contribution in [0.15, 0.2) is 12.2 Å². The molecule has 1 atom stereocenters. The summed E-state index contributed by atoms with van der Waals surface area (Å²) in [7, 11) is 0. The van der Waals surface area contributed by atoms with Gasteiger partial charge < -0.3 is 4.90 Å². The SMILES string of the molecule is O=C1CC[C@H]2/C=C\CCCCN12. The molecule has 0 aromatic rings. The number of amides is 1. The number of carbonyl (C=O) groups excluding carboxylic acids is 1. The Morgan fingerprint density at radius 2 is 2.33 bits per heavy atom. The average Bonchev–Trinajstić information content (AvgIpc) is 2.31. The molecule has 2 aliphatic heterocycles. The van der Waals surface area contributed by atoms with E-state index in [1.54, 1.807) is 0 Å². The maximum atomic E-state index is 11.4. The van der Waals surface area contributed by atoms with E-state index in [0.29, 0.717) is 11.9 Å². The number of rotatable bonds is 0. The molecule has 2 heterocycles. The molecule has 0 N–H and O–H groups in total. The molecule has 2 aliphatic rings. The van der Waals surface area contributed by atoms with Crippen molar-refractivity contribution in [3.63, 3.8) is 0 Å². The highest BCUT2D eigenvalue weighted by atomic mass is 16.2. The van der Waals surface area contributed by atoms with E-state index in [4.69, 9.17) is 0 Å². The third-order valence-corrected chi connectivity index (χ3v) is 2.75. The molecule has 2 heteroatoms. The predicted octanol–water partition coefficient (Wildman–Crippen LogP) is 1.72. The second-order valence-electron chi connectivity index (χ2n) is 3.62. The van der Waals surface area contributed by atoms with Gasteiger partial charge in [-0.1, -0.05) is 12.2 Å². The van der Waals surface area contributed by atoms with Crippen LogP contribution in [0.2, 0.25) is 0 Å². The summed E-state index contributed by atoms with van der Waals surface area (Å²) in [5.41, 5.74) is 0. The predicted molar refractivity (Wildman–Crippen MR) is 47.7 cm³/mol. The van der Waals surface area contributed by atoms with Crippen molar-refractivity contribution < 1.29 is 4.79 Å². The fraction of sp³-hybridized carbons (Fsp3) is 0.700. The van der Waals surface area contributed by atoms with Crippen LogP contribution >= 0.6 is 0 Å². The van der Waals surface area contributed by atoms with E-state index in [1.165, 1.54) is 19.3 Å². The number of hydrogen-bond acceptors (Lipinski definition) is 1. The Labute approximate surface area is 73.2 Å². The number of hydrogen-bond donors (Lipinski definition) is 0. The Morgan fingerprint density at radius 3 is 3.25 bits per heavy atom. The van der Waals surface area contributed by atoms with Gasteiger partial charge in [0.25, 0.3) is 0 Å². The van der Waals surface area contributed by atoms with Crippen molar-refractivity contribution in [3.05, 3.63) is 12.2 Å². The summed E-state index contributed by atoms with van der Waals surface area (Å²) < 4.78 is 0. The molecule has 0 spiro atoms. The van der Waals surface area contributed by atoms with Gasteiger partial charge in [0.2, 0.25) is 5.91 Å². The molecule has 1 saturated heterocycles. The normalized spacial score (nSPS) is 32.5. The molecule has 12 heavy (non-hydrogen) atoms. The first-order valence-electron chi connectivity index (χ1n) is 4.84. The molecule has 2 nitrogen and oxygen atoms in total. The van der Waals surface area contributed by atoms with Gasteiger partial charge in [-0.2, -0.15) is 0 Å². The molecule has 0 saturated carbocycles. The highest BCUT2D eigenvalue weighted by Crippen LogP contribution is 2.22. The molecular weight excluding hydrogens is 150 g/mol. The summed E-state index contributed by atoms with van der Waals surface area (Å²) in [5.74, 6) is 0.353. The molecule has 2 rings (SSSR count). The first kappa shape index (κ1) is 7.84. The van der Waals surface area contributed by atoms with Crippen LogP contribution in [-0.2, 0) is 4.79 Å². The molecule has 0 aromatic heterocycles. The van der Waals surface area contributed by atoms with Crippen LogP contribution in [0.5, 0.6) is 0 Å². The first-order chi connectivity index (χ1) is 5.88. The quantitative estimate of drug-likeness (QED) is 0.500. The molecule has 1 amide bonds. The van der Waals surface area contributed by atoms with Crippen molar-refractivity contribution >= 4 is 5.91 Å². The van der Waals surface area contributed by atoms with Crippen LogP contribution in [0, 0.1) is 0 Å². The molecule has 0 bridgehead atoms. The van der Waals surface area contributed by atoms with Crippen LogP contribution in [0.1, 0.15) is 32.1 Å².